The second-order valence-electron chi connectivity index (χ2n) is 5.73. The average Bonchev–Trinajstić information content (AvgIpc) is 2.68. The van der Waals surface area contributed by atoms with Crippen LogP contribution in [0.2, 0.25) is 0 Å². The van der Waals surface area contributed by atoms with Gasteiger partial charge < -0.3 is 5.32 Å². The van der Waals surface area contributed by atoms with Crippen molar-refractivity contribution < 1.29 is 4.92 Å². The second-order valence-corrected chi connectivity index (χ2v) is 5.73. The van der Waals surface area contributed by atoms with Gasteiger partial charge in [-0.1, -0.05) is 60.7 Å². The van der Waals surface area contributed by atoms with Gasteiger partial charge in [-0.2, -0.15) is 5.26 Å². The van der Waals surface area contributed by atoms with Crippen molar-refractivity contribution in [3.05, 3.63) is 99.7 Å². The number of hydrogen-bond acceptors (Lipinski definition) is 5. The molecule has 1 atom stereocenters. The highest BCUT2D eigenvalue weighted by molar-refractivity contribution is 5.51. The van der Waals surface area contributed by atoms with E-state index in [9.17, 15) is 10.1 Å². The number of nitrogens with one attached hydrogen (secondary N) is 1. The molecular formula is C20H16N4O2. The molecule has 0 radical (unpaired) electrons. The second kappa shape index (κ2) is 7.90. The Bertz CT molecular complexity index is 937. The average molecular weight is 344 g/mol. The van der Waals surface area contributed by atoms with Crippen LogP contribution in [0.4, 0.5) is 11.5 Å². The lowest BCUT2D eigenvalue weighted by molar-refractivity contribution is -0.385. The van der Waals surface area contributed by atoms with Gasteiger partial charge in [-0.15, -0.1) is 0 Å². The summed E-state index contributed by atoms with van der Waals surface area (Å²) in [6.07, 6.45) is 0.714. The van der Waals surface area contributed by atoms with Crippen molar-refractivity contribution in [2.75, 3.05) is 5.32 Å². The lowest BCUT2D eigenvalue weighted by Crippen LogP contribution is -2.15. The van der Waals surface area contributed by atoms with Crippen LogP contribution in [0.3, 0.4) is 0 Å². The first-order valence-electron chi connectivity index (χ1n) is 8.08. The van der Waals surface area contributed by atoms with Crippen molar-refractivity contribution in [2.45, 2.75) is 12.5 Å². The van der Waals surface area contributed by atoms with Gasteiger partial charge in [0, 0.05) is 6.07 Å². The van der Waals surface area contributed by atoms with E-state index in [0.29, 0.717) is 12.2 Å². The van der Waals surface area contributed by atoms with Gasteiger partial charge >= 0.3 is 5.69 Å². The lowest BCUT2D eigenvalue weighted by atomic mass is 9.99. The molecule has 0 aliphatic rings. The molecule has 3 aromatic rings. The molecule has 0 aliphatic carbocycles. The number of anilines is 1. The van der Waals surface area contributed by atoms with Gasteiger partial charge in [0.1, 0.15) is 11.9 Å². The van der Waals surface area contributed by atoms with Gasteiger partial charge in [0.25, 0.3) is 0 Å². The molecule has 26 heavy (non-hydrogen) atoms. The first-order valence-corrected chi connectivity index (χ1v) is 8.08. The molecule has 2 aromatic carbocycles. The topological polar surface area (TPSA) is 91.8 Å². The van der Waals surface area contributed by atoms with Gasteiger partial charge in [0.15, 0.2) is 0 Å². The maximum atomic E-state index is 11.0. The maximum Gasteiger partial charge on any atom is 0.305 e. The predicted octanol–water partition coefficient (Wildman–Crippen LogP) is 4.26. The SMILES string of the molecule is N#Cc1nc(NC(Cc2ccccc2)c2ccccc2)ccc1[N+](=O)[O-]. The monoisotopic (exact) mass is 344 g/mol. The maximum absolute atomic E-state index is 11.0. The zero-order chi connectivity index (χ0) is 18.4. The number of pyridine rings is 1. The Morgan fingerprint density at radius 1 is 1.04 bits per heavy atom. The van der Waals surface area contributed by atoms with Crippen molar-refractivity contribution in [1.29, 1.82) is 5.26 Å². The van der Waals surface area contributed by atoms with Crippen LogP contribution >= 0.6 is 0 Å². The first-order chi connectivity index (χ1) is 12.7. The number of rotatable bonds is 6. The molecule has 1 heterocycles. The third-order valence-corrected chi connectivity index (χ3v) is 3.98. The van der Waals surface area contributed by atoms with E-state index in [1.54, 1.807) is 6.07 Å². The van der Waals surface area contributed by atoms with E-state index in [0.717, 1.165) is 11.1 Å². The van der Waals surface area contributed by atoms with Crippen LogP contribution in [0, 0.1) is 21.4 Å². The van der Waals surface area contributed by atoms with Gasteiger partial charge in [-0.25, -0.2) is 4.98 Å². The van der Waals surface area contributed by atoms with Crippen molar-refractivity contribution in [1.82, 2.24) is 4.98 Å². The van der Waals surface area contributed by atoms with E-state index in [1.165, 1.54) is 12.1 Å². The van der Waals surface area contributed by atoms with E-state index in [2.05, 4.69) is 10.3 Å². The smallest absolute Gasteiger partial charge is 0.305 e. The molecule has 0 spiro atoms. The Balaban J connectivity index is 1.91. The van der Waals surface area contributed by atoms with Crippen molar-refractivity contribution in [2.24, 2.45) is 0 Å². The van der Waals surface area contributed by atoms with E-state index < -0.39 is 4.92 Å². The predicted molar refractivity (Wildman–Crippen MR) is 98.6 cm³/mol. The highest BCUT2D eigenvalue weighted by Crippen LogP contribution is 2.25. The minimum absolute atomic E-state index is 0.0842. The summed E-state index contributed by atoms with van der Waals surface area (Å²) in [6.45, 7) is 0. The molecule has 1 N–H and O–H groups in total. The molecule has 0 bridgehead atoms. The number of nitro groups is 1. The molecule has 1 unspecified atom stereocenters. The number of aromatic nitrogens is 1. The third kappa shape index (κ3) is 4.02. The van der Waals surface area contributed by atoms with E-state index >= 15 is 0 Å². The van der Waals surface area contributed by atoms with E-state index in [-0.39, 0.29) is 17.4 Å². The normalized spacial score (nSPS) is 11.3. The molecule has 3 rings (SSSR count). The van der Waals surface area contributed by atoms with Gasteiger partial charge in [0.05, 0.1) is 11.0 Å². The van der Waals surface area contributed by atoms with Crippen LogP contribution in [0.15, 0.2) is 72.8 Å². The number of nitriles is 1. The quantitative estimate of drug-likeness (QED) is 0.533. The molecule has 6 heteroatoms. The van der Waals surface area contributed by atoms with Crippen molar-refractivity contribution >= 4 is 11.5 Å². The molecule has 128 valence electrons. The van der Waals surface area contributed by atoms with E-state index in [4.69, 9.17) is 5.26 Å². The fraction of sp³-hybridized carbons (Fsp3) is 0.100. The van der Waals surface area contributed by atoms with Crippen molar-refractivity contribution in [3.8, 4) is 6.07 Å². The Labute approximate surface area is 150 Å². The first kappa shape index (κ1) is 17.1. The Kier molecular flexibility index (Phi) is 5.20. The molecule has 1 aromatic heterocycles. The highest BCUT2D eigenvalue weighted by Gasteiger charge is 2.18. The Morgan fingerprint density at radius 3 is 2.31 bits per heavy atom. The summed E-state index contributed by atoms with van der Waals surface area (Å²) in [6, 6.07) is 24.4. The zero-order valence-electron chi connectivity index (χ0n) is 13.9. The minimum atomic E-state index is -0.603. The zero-order valence-corrected chi connectivity index (χ0v) is 13.9. The molecule has 0 amide bonds. The van der Waals surface area contributed by atoms with Crippen LogP contribution in [0.25, 0.3) is 0 Å². The Hall–Kier alpha value is -3.72. The third-order valence-electron chi connectivity index (χ3n) is 3.98. The summed E-state index contributed by atoms with van der Waals surface area (Å²) < 4.78 is 0. The Morgan fingerprint density at radius 2 is 1.69 bits per heavy atom. The molecular weight excluding hydrogens is 328 g/mol. The standard InChI is InChI=1S/C20H16N4O2/c21-14-18-19(24(25)26)11-12-20(23-18)22-17(16-9-5-2-6-10-16)13-15-7-3-1-4-8-15/h1-12,17H,13H2,(H,22,23). The number of hydrogen-bond donors (Lipinski definition) is 1. The van der Waals surface area contributed by atoms with Crippen molar-refractivity contribution in [3.63, 3.8) is 0 Å². The summed E-state index contributed by atoms with van der Waals surface area (Å²) in [4.78, 5) is 14.5. The fourth-order valence-corrected chi connectivity index (χ4v) is 2.73. The van der Waals surface area contributed by atoms with Crippen LogP contribution in [0.5, 0.6) is 0 Å². The molecule has 0 fully saturated rings. The summed E-state index contributed by atoms with van der Waals surface area (Å²) >= 11 is 0. The number of benzene rings is 2. The summed E-state index contributed by atoms with van der Waals surface area (Å²) in [5.41, 5.74) is 1.72. The lowest BCUT2D eigenvalue weighted by Gasteiger charge is -2.20. The largest absolute Gasteiger partial charge is 0.363 e. The molecule has 0 saturated heterocycles. The summed E-state index contributed by atoms with van der Waals surface area (Å²) in [5, 5.41) is 23.4. The molecule has 0 aliphatic heterocycles. The highest BCUT2D eigenvalue weighted by atomic mass is 16.6. The van der Waals surface area contributed by atoms with Crippen LogP contribution in [-0.2, 0) is 6.42 Å². The fourth-order valence-electron chi connectivity index (χ4n) is 2.73. The van der Waals surface area contributed by atoms with Crippen LogP contribution < -0.4 is 5.32 Å². The summed E-state index contributed by atoms with van der Waals surface area (Å²) in [5.74, 6) is 0.428. The van der Waals surface area contributed by atoms with Crippen LogP contribution in [-0.4, -0.2) is 9.91 Å². The minimum Gasteiger partial charge on any atom is -0.363 e. The number of nitrogens with zero attached hydrogens (tertiary/aromatic N) is 3. The van der Waals surface area contributed by atoms with Gasteiger partial charge in [0.2, 0.25) is 5.69 Å². The van der Waals surface area contributed by atoms with Crippen LogP contribution in [0.1, 0.15) is 22.9 Å². The molecule has 6 nitrogen and oxygen atoms in total. The summed E-state index contributed by atoms with van der Waals surface area (Å²) in [7, 11) is 0. The molecule has 0 saturated carbocycles. The van der Waals surface area contributed by atoms with Gasteiger partial charge in [-0.05, 0) is 23.6 Å². The van der Waals surface area contributed by atoms with Gasteiger partial charge in [-0.3, -0.25) is 10.1 Å². The van der Waals surface area contributed by atoms with E-state index in [1.807, 2.05) is 60.7 Å².